The second-order valence-corrected chi connectivity index (χ2v) is 4.51. The number of nitrogens with zero attached hydrogens (tertiary/aromatic N) is 2. The lowest BCUT2D eigenvalue weighted by Crippen LogP contribution is -2.29. The molecule has 0 bridgehead atoms. The molecule has 2 heterocycles. The minimum atomic E-state index is -0.272. The first kappa shape index (κ1) is 14.3. The van der Waals surface area contributed by atoms with E-state index in [9.17, 15) is 4.79 Å². The molecule has 8 heteroatoms. The molecule has 0 saturated carbocycles. The van der Waals surface area contributed by atoms with Crippen molar-refractivity contribution in [1.29, 1.82) is 0 Å². The van der Waals surface area contributed by atoms with Crippen molar-refractivity contribution < 1.29 is 4.79 Å². The van der Waals surface area contributed by atoms with Crippen molar-refractivity contribution in [3.8, 4) is 0 Å². The zero-order valence-electron chi connectivity index (χ0n) is 10.9. The third-order valence-electron chi connectivity index (χ3n) is 2.80. The first-order chi connectivity index (χ1) is 9.65. The average molecular weight is 295 g/mol. The number of nitrogens with one attached hydrogen (secondary N) is 3. The van der Waals surface area contributed by atoms with Gasteiger partial charge in [-0.2, -0.15) is 0 Å². The van der Waals surface area contributed by atoms with Crippen LogP contribution in [0.2, 0.25) is 5.02 Å². The minimum absolute atomic E-state index is 0.191. The van der Waals surface area contributed by atoms with E-state index in [1.54, 1.807) is 12.4 Å². The molecule has 0 radical (unpaired) electrons. The Kier molecular flexibility index (Phi) is 4.54. The molecule has 2 aromatic rings. The van der Waals surface area contributed by atoms with Gasteiger partial charge in [-0.25, -0.2) is 15.8 Å². The topological polar surface area (TPSA) is 109 Å². The Morgan fingerprint density at radius 3 is 2.90 bits per heavy atom. The lowest BCUT2D eigenvalue weighted by Gasteiger charge is -2.15. The summed E-state index contributed by atoms with van der Waals surface area (Å²) in [5.74, 6) is 5.99. The number of nitrogen functional groups attached to an aromatic ring is 1. The molecule has 2 rings (SSSR count). The Bertz CT molecular complexity index is 586. The molecule has 5 N–H and O–H groups in total. The quantitative estimate of drug-likeness (QED) is 0.495. The number of imidazole rings is 1. The molecular weight excluding hydrogens is 280 g/mol. The van der Waals surface area contributed by atoms with Gasteiger partial charge in [0, 0.05) is 18.6 Å². The normalized spacial score (nSPS) is 11.9. The number of carbonyl (C=O) groups excluding carboxylic acids is 1. The summed E-state index contributed by atoms with van der Waals surface area (Å²) < 4.78 is 0. The fraction of sp³-hybridized carbons (Fsp3) is 0.250. The number of hydrogen-bond acceptors (Lipinski definition) is 5. The lowest BCUT2D eigenvalue weighted by atomic mass is 10.2. The summed E-state index contributed by atoms with van der Waals surface area (Å²) >= 11 is 5.94. The van der Waals surface area contributed by atoms with Crippen molar-refractivity contribution in [2.24, 2.45) is 5.84 Å². The predicted molar refractivity (Wildman–Crippen MR) is 76.1 cm³/mol. The second-order valence-electron chi connectivity index (χ2n) is 4.11. The van der Waals surface area contributed by atoms with E-state index in [1.807, 2.05) is 6.92 Å². The zero-order chi connectivity index (χ0) is 14.5. The highest BCUT2D eigenvalue weighted by Crippen LogP contribution is 2.20. The number of rotatable bonds is 5. The first-order valence-electron chi connectivity index (χ1n) is 6.08. The summed E-state index contributed by atoms with van der Waals surface area (Å²) in [5, 5.41) is 3.15. The van der Waals surface area contributed by atoms with Gasteiger partial charge in [0.05, 0.1) is 16.6 Å². The molecule has 7 nitrogen and oxygen atoms in total. The lowest BCUT2D eigenvalue weighted by molar-refractivity contribution is 0.0933. The number of aromatic nitrogens is 3. The molecule has 20 heavy (non-hydrogen) atoms. The van der Waals surface area contributed by atoms with Crippen molar-refractivity contribution in [2.45, 2.75) is 19.4 Å². The molecule has 0 saturated heterocycles. The minimum Gasteiger partial charge on any atom is -0.347 e. The van der Waals surface area contributed by atoms with Gasteiger partial charge in [-0.05, 0) is 12.5 Å². The number of carbonyl (C=O) groups is 1. The van der Waals surface area contributed by atoms with Gasteiger partial charge < -0.3 is 15.7 Å². The number of hydrazine groups is 1. The van der Waals surface area contributed by atoms with Crippen LogP contribution in [0, 0.1) is 0 Å². The predicted octanol–water partition coefficient (Wildman–Crippen LogP) is 1.62. The van der Waals surface area contributed by atoms with Crippen LogP contribution in [0.4, 0.5) is 5.82 Å². The van der Waals surface area contributed by atoms with Crippen molar-refractivity contribution in [1.82, 2.24) is 20.3 Å². The number of aromatic amines is 1. The smallest absolute Gasteiger partial charge is 0.253 e. The summed E-state index contributed by atoms with van der Waals surface area (Å²) in [6.07, 6.45) is 5.47. The highest BCUT2D eigenvalue weighted by Gasteiger charge is 2.17. The Balaban J connectivity index is 2.13. The van der Waals surface area contributed by atoms with Crippen LogP contribution >= 0.6 is 11.6 Å². The van der Waals surface area contributed by atoms with Gasteiger partial charge in [0.2, 0.25) is 0 Å². The summed E-state index contributed by atoms with van der Waals surface area (Å²) in [7, 11) is 0. The first-order valence-corrected chi connectivity index (χ1v) is 6.45. The van der Waals surface area contributed by atoms with Crippen LogP contribution in [0.5, 0.6) is 0 Å². The molecular formula is C12H15ClN6O. The molecule has 0 aliphatic rings. The van der Waals surface area contributed by atoms with E-state index in [-0.39, 0.29) is 17.0 Å². The van der Waals surface area contributed by atoms with E-state index < -0.39 is 0 Å². The summed E-state index contributed by atoms with van der Waals surface area (Å²) in [6.45, 7) is 1.96. The Morgan fingerprint density at radius 2 is 2.35 bits per heavy atom. The van der Waals surface area contributed by atoms with Gasteiger partial charge in [0.1, 0.15) is 5.82 Å². The molecule has 1 amide bonds. The van der Waals surface area contributed by atoms with E-state index in [0.717, 1.165) is 0 Å². The number of amides is 1. The van der Waals surface area contributed by atoms with Crippen LogP contribution in [-0.2, 0) is 0 Å². The maximum atomic E-state index is 12.2. The van der Waals surface area contributed by atoms with E-state index in [0.29, 0.717) is 23.6 Å². The van der Waals surface area contributed by atoms with E-state index in [2.05, 4.69) is 25.7 Å². The van der Waals surface area contributed by atoms with Crippen LogP contribution in [0.3, 0.4) is 0 Å². The summed E-state index contributed by atoms with van der Waals surface area (Å²) in [6, 6.07) is 1.32. The summed E-state index contributed by atoms with van der Waals surface area (Å²) in [5.41, 5.74) is 2.71. The van der Waals surface area contributed by atoms with Crippen molar-refractivity contribution in [3.05, 3.63) is 41.1 Å². The monoisotopic (exact) mass is 294 g/mol. The molecule has 0 aromatic carbocycles. The number of pyridine rings is 1. The largest absolute Gasteiger partial charge is 0.347 e. The van der Waals surface area contributed by atoms with Crippen LogP contribution in [0.1, 0.15) is 35.6 Å². The standard InChI is InChI=1S/C12H15ClN6O/c1-2-9(11-15-3-4-16-11)18-12(20)7-5-8(13)10(19-14)17-6-7/h3-6,9H,2,14H2,1H3,(H,15,16)(H,17,19)(H,18,20). The van der Waals surface area contributed by atoms with Crippen molar-refractivity contribution in [3.63, 3.8) is 0 Å². The van der Waals surface area contributed by atoms with Crippen LogP contribution in [-0.4, -0.2) is 20.9 Å². The molecule has 0 aliphatic heterocycles. The maximum absolute atomic E-state index is 12.2. The van der Waals surface area contributed by atoms with Crippen LogP contribution in [0.25, 0.3) is 0 Å². The van der Waals surface area contributed by atoms with Crippen molar-refractivity contribution in [2.75, 3.05) is 5.43 Å². The van der Waals surface area contributed by atoms with Gasteiger partial charge in [0.15, 0.2) is 5.82 Å². The van der Waals surface area contributed by atoms with Crippen molar-refractivity contribution >= 4 is 23.3 Å². The molecule has 2 aromatic heterocycles. The number of anilines is 1. The number of halogens is 1. The average Bonchev–Trinajstić information content (AvgIpc) is 2.98. The van der Waals surface area contributed by atoms with Gasteiger partial charge >= 0.3 is 0 Å². The van der Waals surface area contributed by atoms with E-state index in [4.69, 9.17) is 17.4 Å². The number of H-pyrrole nitrogens is 1. The summed E-state index contributed by atoms with van der Waals surface area (Å²) in [4.78, 5) is 23.2. The van der Waals surface area contributed by atoms with Crippen LogP contribution < -0.4 is 16.6 Å². The highest BCUT2D eigenvalue weighted by molar-refractivity contribution is 6.33. The molecule has 0 fully saturated rings. The fourth-order valence-corrected chi connectivity index (χ4v) is 1.96. The Hall–Kier alpha value is -2.12. The Morgan fingerprint density at radius 1 is 1.55 bits per heavy atom. The molecule has 106 valence electrons. The number of nitrogens with two attached hydrogens (primary N) is 1. The fourth-order valence-electron chi connectivity index (χ4n) is 1.74. The van der Waals surface area contributed by atoms with E-state index in [1.165, 1.54) is 12.3 Å². The van der Waals surface area contributed by atoms with Gasteiger partial charge in [0.25, 0.3) is 5.91 Å². The number of hydrogen-bond donors (Lipinski definition) is 4. The van der Waals surface area contributed by atoms with E-state index >= 15 is 0 Å². The SMILES string of the molecule is CCC(NC(=O)c1cnc(NN)c(Cl)c1)c1ncc[nH]1. The van der Waals surface area contributed by atoms with Gasteiger partial charge in [-0.15, -0.1) is 0 Å². The maximum Gasteiger partial charge on any atom is 0.253 e. The zero-order valence-corrected chi connectivity index (χ0v) is 11.6. The third kappa shape index (κ3) is 3.06. The van der Waals surface area contributed by atoms with Crippen LogP contribution in [0.15, 0.2) is 24.7 Å². The second kappa shape index (κ2) is 6.36. The molecule has 0 aliphatic carbocycles. The molecule has 1 unspecified atom stereocenters. The molecule has 1 atom stereocenters. The molecule has 0 spiro atoms. The van der Waals surface area contributed by atoms with Gasteiger partial charge in [-0.3, -0.25) is 4.79 Å². The third-order valence-corrected chi connectivity index (χ3v) is 3.09. The highest BCUT2D eigenvalue weighted by atomic mass is 35.5. The van der Waals surface area contributed by atoms with Gasteiger partial charge in [-0.1, -0.05) is 18.5 Å². The Labute approximate surface area is 120 Å².